The predicted octanol–water partition coefficient (Wildman–Crippen LogP) is 2.57. The van der Waals surface area contributed by atoms with E-state index in [1.54, 1.807) is 4.80 Å². The van der Waals surface area contributed by atoms with Gasteiger partial charge < -0.3 is 10.2 Å². The fourth-order valence-corrected chi connectivity index (χ4v) is 2.25. The molecule has 2 aromatic rings. The molecule has 0 aliphatic heterocycles. The Hall–Kier alpha value is -1.72. The lowest BCUT2D eigenvalue weighted by molar-refractivity contribution is 0.393. The van der Waals surface area contributed by atoms with Crippen LogP contribution in [0.3, 0.4) is 0 Å². The van der Waals surface area contributed by atoms with E-state index in [2.05, 4.69) is 60.5 Å². The monoisotopic (exact) mass is 301 g/mol. The maximum Gasteiger partial charge on any atom is 0.117 e. The number of hydrogen-bond donors (Lipinski definition) is 1. The number of hydrogen-bond acceptors (Lipinski definition) is 4. The molecule has 5 nitrogen and oxygen atoms in total. The van der Waals surface area contributed by atoms with Crippen LogP contribution in [0.1, 0.15) is 32.0 Å². The molecule has 0 radical (unpaired) electrons. The first-order chi connectivity index (χ1) is 10.6. The molecule has 120 valence electrons. The second-order valence-corrected chi connectivity index (χ2v) is 6.11. The van der Waals surface area contributed by atoms with E-state index in [0.717, 1.165) is 43.0 Å². The van der Waals surface area contributed by atoms with Gasteiger partial charge in [0.05, 0.1) is 6.04 Å². The summed E-state index contributed by atoms with van der Waals surface area (Å²) in [5, 5.41) is 12.8. The van der Waals surface area contributed by atoms with E-state index in [4.69, 9.17) is 0 Å². The molecule has 0 unspecified atom stereocenters. The molecule has 1 aromatic heterocycles. The van der Waals surface area contributed by atoms with Crippen molar-refractivity contribution in [2.24, 2.45) is 0 Å². The first-order valence-electron chi connectivity index (χ1n) is 7.94. The second-order valence-electron chi connectivity index (χ2n) is 6.11. The summed E-state index contributed by atoms with van der Waals surface area (Å²) in [5.74, 6) is 0. The molecule has 0 spiro atoms. The first kappa shape index (κ1) is 16.6. The van der Waals surface area contributed by atoms with E-state index in [1.165, 1.54) is 0 Å². The van der Waals surface area contributed by atoms with Gasteiger partial charge in [-0.2, -0.15) is 15.0 Å². The third-order valence-corrected chi connectivity index (χ3v) is 3.46. The standard InChI is InChI=1S/C17H27N5/c1-14(2)22-19-16(13-18-11-8-12-21(3)4)17(20-22)15-9-6-5-7-10-15/h5-7,9-10,14,18H,8,11-13H2,1-4H3. The minimum absolute atomic E-state index is 0.268. The van der Waals surface area contributed by atoms with E-state index in [1.807, 2.05) is 18.2 Å². The van der Waals surface area contributed by atoms with E-state index in [-0.39, 0.29) is 6.04 Å². The molecule has 0 saturated carbocycles. The molecular weight excluding hydrogens is 274 g/mol. The first-order valence-corrected chi connectivity index (χ1v) is 7.94. The smallest absolute Gasteiger partial charge is 0.117 e. The van der Waals surface area contributed by atoms with Crippen LogP contribution in [0.4, 0.5) is 0 Å². The van der Waals surface area contributed by atoms with Crippen molar-refractivity contribution in [3.63, 3.8) is 0 Å². The van der Waals surface area contributed by atoms with E-state index < -0.39 is 0 Å². The lowest BCUT2D eigenvalue weighted by atomic mass is 10.1. The highest BCUT2D eigenvalue weighted by Gasteiger charge is 2.14. The van der Waals surface area contributed by atoms with Gasteiger partial charge in [-0.05, 0) is 47.5 Å². The zero-order valence-corrected chi connectivity index (χ0v) is 14.1. The number of aromatic nitrogens is 3. The Kier molecular flexibility index (Phi) is 6.10. The topological polar surface area (TPSA) is 46.0 Å². The number of nitrogens with zero attached hydrogens (tertiary/aromatic N) is 4. The second kappa shape index (κ2) is 8.06. The van der Waals surface area contributed by atoms with Crippen LogP contribution in [0.5, 0.6) is 0 Å². The van der Waals surface area contributed by atoms with Gasteiger partial charge in [0.25, 0.3) is 0 Å². The average molecular weight is 301 g/mol. The Labute approximate surface area is 133 Å². The number of rotatable bonds is 8. The van der Waals surface area contributed by atoms with Gasteiger partial charge in [-0.1, -0.05) is 30.3 Å². The van der Waals surface area contributed by atoms with Crippen LogP contribution in [-0.4, -0.2) is 47.1 Å². The molecule has 0 bridgehead atoms. The van der Waals surface area contributed by atoms with Crippen LogP contribution in [0.2, 0.25) is 0 Å². The zero-order chi connectivity index (χ0) is 15.9. The Morgan fingerprint density at radius 2 is 1.86 bits per heavy atom. The minimum Gasteiger partial charge on any atom is -0.311 e. The summed E-state index contributed by atoms with van der Waals surface area (Å²) >= 11 is 0. The van der Waals surface area contributed by atoms with E-state index in [0.29, 0.717) is 0 Å². The molecule has 0 saturated heterocycles. The summed E-state index contributed by atoms with van der Waals surface area (Å²) in [6.07, 6.45) is 1.13. The molecule has 5 heteroatoms. The minimum atomic E-state index is 0.268. The molecular formula is C17H27N5. The highest BCUT2D eigenvalue weighted by atomic mass is 15.5. The van der Waals surface area contributed by atoms with Crippen LogP contribution < -0.4 is 5.32 Å². The molecule has 1 heterocycles. The Morgan fingerprint density at radius 3 is 2.50 bits per heavy atom. The zero-order valence-electron chi connectivity index (χ0n) is 14.1. The van der Waals surface area contributed by atoms with Crippen molar-refractivity contribution in [3.8, 4) is 11.3 Å². The Balaban J connectivity index is 2.05. The van der Waals surface area contributed by atoms with Crippen LogP contribution in [-0.2, 0) is 6.54 Å². The maximum absolute atomic E-state index is 4.66. The Bertz CT molecular complexity index is 560. The highest BCUT2D eigenvalue weighted by Crippen LogP contribution is 2.21. The van der Waals surface area contributed by atoms with Crippen molar-refractivity contribution >= 4 is 0 Å². The predicted molar refractivity (Wildman–Crippen MR) is 90.7 cm³/mol. The largest absolute Gasteiger partial charge is 0.311 e. The van der Waals surface area contributed by atoms with Gasteiger partial charge in [0, 0.05) is 12.1 Å². The lowest BCUT2D eigenvalue weighted by Gasteiger charge is -2.09. The van der Waals surface area contributed by atoms with Crippen LogP contribution in [0.25, 0.3) is 11.3 Å². The van der Waals surface area contributed by atoms with Crippen LogP contribution in [0.15, 0.2) is 30.3 Å². The van der Waals surface area contributed by atoms with Gasteiger partial charge in [-0.25, -0.2) is 0 Å². The van der Waals surface area contributed by atoms with Gasteiger partial charge in [0.2, 0.25) is 0 Å². The summed E-state index contributed by atoms with van der Waals surface area (Å²) in [7, 11) is 4.20. The fraction of sp³-hybridized carbons (Fsp3) is 0.529. The molecule has 22 heavy (non-hydrogen) atoms. The van der Waals surface area contributed by atoms with Gasteiger partial charge >= 0.3 is 0 Å². The van der Waals surface area contributed by atoms with Crippen molar-refractivity contribution in [2.75, 3.05) is 27.2 Å². The molecule has 1 aromatic carbocycles. The summed E-state index contributed by atoms with van der Waals surface area (Å²) in [6.45, 7) is 7.04. The van der Waals surface area contributed by atoms with Crippen molar-refractivity contribution in [1.29, 1.82) is 0 Å². The highest BCUT2D eigenvalue weighted by molar-refractivity contribution is 5.60. The molecule has 0 fully saturated rings. The fourth-order valence-electron chi connectivity index (χ4n) is 2.25. The summed E-state index contributed by atoms with van der Waals surface area (Å²) in [6, 6.07) is 10.5. The molecule has 1 N–H and O–H groups in total. The van der Waals surface area contributed by atoms with Gasteiger partial charge in [-0.15, -0.1) is 0 Å². The summed E-state index contributed by atoms with van der Waals surface area (Å²) in [4.78, 5) is 4.01. The molecule has 0 aliphatic carbocycles. The van der Waals surface area contributed by atoms with Gasteiger partial charge in [0.15, 0.2) is 0 Å². The molecule has 2 rings (SSSR count). The summed E-state index contributed by atoms with van der Waals surface area (Å²) < 4.78 is 0. The van der Waals surface area contributed by atoms with Crippen molar-refractivity contribution in [3.05, 3.63) is 36.0 Å². The van der Waals surface area contributed by atoms with E-state index >= 15 is 0 Å². The van der Waals surface area contributed by atoms with Crippen molar-refractivity contribution in [1.82, 2.24) is 25.2 Å². The average Bonchev–Trinajstić information content (AvgIpc) is 2.92. The maximum atomic E-state index is 4.66. The normalized spacial score (nSPS) is 11.5. The SMILES string of the molecule is CC(C)n1nc(CNCCCN(C)C)c(-c2ccccc2)n1. The molecule has 0 amide bonds. The van der Waals surface area contributed by atoms with Crippen LogP contribution in [0, 0.1) is 0 Å². The van der Waals surface area contributed by atoms with Crippen LogP contribution >= 0.6 is 0 Å². The van der Waals surface area contributed by atoms with E-state index in [9.17, 15) is 0 Å². The third-order valence-electron chi connectivity index (χ3n) is 3.46. The molecule has 0 aliphatic rings. The number of nitrogens with one attached hydrogen (secondary N) is 1. The quantitative estimate of drug-likeness (QED) is 0.761. The van der Waals surface area contributed by atoms with Crippen molar-refractivity contribution in [2.45, 2.75) is 32.9 Å². The lowest BCUT2D eigenvalue weighted by Crippen LogP contribution is -2.21. The number of benzene rings is 1. The summed E-state index contributed by atoms with van der Waals surface area (Å²) in [5.41, 5.74) is 3.12. The molecule has 0 atom stereocenters. The third kappa shape index (κ3) is 4.64. The van der Waals surface area contributed by atoms with Gasteiger partial charge in [0.1, 0.15) is 11.4 Å². The van der Waals surface area contributed by atoms with Crippen molar-refractivity contribution < 1.29 is 0 Å². The van der Waals surface area contributed by atoms with Gasteiger partial charge in [-0.3, -0.25) is 0 Å². The Morgan fingerprint density at radius 1 is 1.14 bits per heavy atom.